The summed E-state index contributed by atoms with van der Waals surface area (Å²) in [5, 5.41) is 10.9. The molecule has 0 fully saturated rings. The number of aryl methyl sites for hydroxylation is 3. The zero-order valence-corrected chi connectivity index (χ0v) is 12.5. The van der Waals surface area contributed by atoms with Crippen LogP contribution in [0.2, 0.25) is 0 Å². The van der Waals surface area contributed by atoms with Gasteiger partial charge in [0.05, 0.1) is 10.6 Å². The van der Waals surface area contributed by atoms with Gasteiger partial charge in [0.15, 0.2) is 0 Å². The van der Waals surface area contributed by atoms with Crippen LogP contribution >= 0.6 is 15.9 Å². The molecule has 0 unspecified atom stereocenters. The Morgan fingerprint density at radius 1 is 1.21 bits per heavy atom. The molecule has 1 heterocycles. The monoisotopic (exact) mass is 323 g/mol. The van der Waals surface area contributed by atoms with Gasteiger partial charge in [0, 0.05) is 27.5 Å². The molecule has 1 N–H and O–H groups in total. The lowest BCUT2D eigenvalue weighted by molar-refractivity contribution is -0.385. The third kappa shape index (κ3) is 2.63. The minimum Gasteiger partial charge on any atom is -0.293 e. The summed E-state index contributed by atoms with van der Waals surface area (Å²) in [6.07, 6.45) is 0. The molecule has 0 aliphatic heterocycles. The van der Waals surface area contributed by atoms with Crippen LogP contribution in [0, 0.1) is 30.9 Å². The lowest BCUT2D eigenvalue weighted by Gasteiger charge is -2.14. The van der Waals surface area contributed by atoms with Gasteiger partial charge >= 0.3 is 0 Å². The number of nitro groups is 1. The largest absolute Gasteiger partial charge is 0.293 e. The third-order valence-electron chi connectivity index (χ3n) is 2.99. The van der Waals surface area contributed by atoms with E-state index in [1.807, 2.05) is 30.7 Å². The van der Waals surface area contributed by atoms with Gasteiger partial charge in [-0.05, 0) is 54.9 Å². The van der Waals surface area contributed by atoms with Crippen LogP contribution in [0.3, 0.4) is 0 Å². The molecule has 100 valence electrons. The van der Waals surface area contributed by atoms with Crippen molar-refractivity contribution in [3.8, 4) is 0 Å². The number of halogens is 1. The average Bonchev–Trinajstić information content (AvgIpc) is 2.64. The Balaban J connectivity index is 2.42. The van der Waals surface area contributed by atoms with Gasteiger partial charge in [-0.25, -0.2) is 0 Å². The zero-order chi connectivity index (χ0) is 14.2. The predicted molar refractivity (Wildman–Crippen MR) is 78.5 cm³/mol. The maximum atomic E-state index is 10.9. The van der Waals surface area contributed by atoms with Gasteiger partial charge in [0.25, 0.3) is 5.69 Å². The highest BCUT2D eigenvalue weighted by molar-refractivity contribution is 9.10. The lowest BCUT2D eigenvalue weighted by Crippen LogP contribution is -2.12. The Morgan fingerprint density at radius 2 is 1.79 bits per heavy atom. The van der Waals surface area contributed by atoms with E-state index in [1.54, 1.807) is 13.0 Å². The highest BCUT2D eigenvalue weighted by atomic mass is 79.9. The molecule has 19 heavy (non-hydrogen) atoms. The van der Waals surface area contributed by atoms with E-state index in [1.165, 1.54) is 6.07 Å². The first-order chi connectivity index (χ1) is 8.90. The van der Waals surface area contributed by atoms with Gasteiger partial charge in [0.1, 0.15) is 0 Å². The van der Waals surface area contributed by atoms with Crippen LogP contribution in [0.1, 0.15) is 17.0 Å². The fourth-order valence-electron chi connectivity index (χ4n) is 1.92. The molecule has 0 aliphatic rings. The first-order valence-electron chi connectivity index (χ1n) is 5.76. The second kappa shape index (κ2) is 5.05. The summed E-state index contributed by atoms with van der Waals surface area (Å²) < 4.78 is 2.60. The molecular formula is C13H14BrN3O2. The molecule has 0 saturated heterocycles. The Morgan fingerprint density at radius 3 is 2.32 bits per heavy atom. The SMILES string of the molecule is Cc1cc(Nn2c(C)ccc2C)c(Br)cc1[N+](=O)[O-]. The van der Waals surface area contributed by atoms with E-state index in [-0.39, 0.29) is 10.6 Å². The van der Waals surface area contributed by atoms with Crippen LogP contribution in [0.5, 0.6) is 0 Å². The van der Waals surface area contributed by atoms with Crippen molar-refractivity contribution in [2.24, 2.45) is 0 Å². The van der Waals surface area contributed by atoms with Crippen molar-refractivity contribution >= 4 is 27.3 Å². The van der Waals surface area contributed by atoms with Crippen molar-refractivity contribution in [3.63, 3.8) is 0 Å². The van der Waals surface area contributed by atoms with E-state index >= 15 is 0 Å². The molecule has 0 atom stereocenters. The van der Waals surface area contributed by atoms with Crippen LogP contribution in [-0.2, 0) is 0 Å². The van der Waals surface area contributed by atoms with Crippen LogP contribution < -0.4 is 5.43 Å². The number of benzene rings is 1. The molecule has 2 aromatic rings. The molecule has 0 spiro atoms. The van der Waals surface area contributed by atoms with E-state index < -0.39 is 0 Å². The van der Waals surface area contributed by atoms with Gasteiger partial charge in [-0.15, -0.1) is 0 Å². The molecule has 1 aromatic heterocycles. The van der Waals surface area contributed by atoms with Crippen LogP contribution in [0.25, 0.3) is 0 Å². The van der Waals surface area contributed by atoms with Gasteiger partial charge in [-0.1, -0.05) is 0 Å². The molecule has 6 heteroatoms. The fourth-order valence-corrected chi connectivity index (χ4v) is 2.34. The van der Waals surface area contributed by atoms with E-state index in [2.05, 4.69) is 21.4 Å². The molecule has 0 amide bonds. The van der Waals surface area contributed by atoms with Crippen molar-refractivity contribution in [1.82, 2.24) is 4.68 Å². The highest BCUT2D eigenvalue weighted by Crippen LogP contribution is 2.31. The van der Waals surface area contributed by atoms with Crippen molar-refractivity contribution < 1.29 is 4.92 Å². The average molecular weight is 324 g/mol. The van der Waals surface area contributed by atoms with E-state index in [0.29, 0.717) is 10.0 Å². The topological polar surface area (TPSA) is 60.1 Å². The minimum absolute atomic E-state index is 0.110. The summed E-state index contributed by atoms with van der Waals surface area (Å²) in [7, 11) is 0. The van der Waals surface area contributed by atoms with Crippen molar-refractivity contribution in [2.45, 2.75) is 20.8 Å². The van der Waals surface area contributed by atoms with E-state index in [4.69, 9.17) is 0 Å². The quantitative estimate of drug-likeness (QED) is 0.687. The lowest BCUT2D eigenvalue weighted by atomic mass is 10.2. The maximum Gasteiger partial charge on any atom is 0.273 e. The normalized spacial score (nSPS) is 10.5. The first-order valence-corrected chi connectivity index (χ1v) is 6.56. The molecule has 2 rings (SSSR count). The molecule has 5 nitrogen and oxygen atoms in total. The molecular weight excluding hydrogens is 310 g/mol. The van der Waals surface area contributed by atoms with Crippen LogP contribution in [0.15, 0.2) is 28.7 Å². The summed E-state index contributed by atoms with van der Waals surface area (Å²) in [6.45, 7) is 5.71. The summed E-state index contributed by atoms with van der Waals surface area (Å²) in [5.41, 5.74) is 6.91. The summed E-state index contributed by atoms with van der Waals surface area (Å²) in [4.78, 5) is 10.5. The fraction of sp³-hybridized carbons (Fsp3) is 0.231. The molecule has 0 aliphatic carbocycles. The number of rotatable bonds is 3. The third-order valence-corrected chi connectivity index (χ3v) is 3.64. The van der Waals surface area contributed by atoms with Crippen LogP contribution in [0.4, 0.5) is 11.4 Å². The van der Waals surface area contributed by atoms with Gasteiger partial charge in [-0.2, -0.15) is 0 Å². The number of hydrogen-bond donors (Lipinski definition) is 1. The predicted octanol–water partition coefficient (Wildman–Crippen LogP) is 3.96. The second-order valence-corrected chi connectivity index (χ2v) is 5.29. The zero-order valence-electron chi connectivity index (χ0n) is 10.9. The molecule has 0 radical (unpaired) electrons. The Hall–Kier alpha value is -1.82. The Labute approximate surface area is 119 Å². The number of nitrogens with zero attached hydrogens (tertiary/aromatic N) is 2. The van der Waals surface area contributed by atoms with E-state index in [9.17, 15) is 10.1 Å². The number of hydrogen-bond acceptors (Lipinski definition) is 3. The number of nitro benzene ring substituents is 1. The van der Waals surface area contributed by atoms with Crippen molar-refractivity contribution in [2.75, 3.05) is 5.43 Å². The summed E-state index contributed by atoms with van der Waals surface area (Å²) in [6, 6.07) is 7.30. The molecule has 0 saturated carbocycles. The number of anilines is 1. The van der Waals surface area contributed by atoms with E-state index in [0.717, 1.165) is 17.1 Å². The standard InChI is InChI=1S/C13H14BrN3O2/c1-8-6-12(11(14)7-13(8)17(18)19)15-16-9(2)4-5-10(16)3/h4-7,15H,1-3H3. The second-order valence-electron chi connectivity index (χ2n) is 4.44. The first kappa shape index (κ1) is 13.6. The number of nitrogens with one attached hydrogen (secondary N) is 1. The smallest absolute Gasteiger partial charge is 0.273 e. The van der Waals surface area contributed by atoms with Gasteiger partial charge < -0.3 is 0 Å². The Kier molecular flexibility index (Phi) is 3.61. The summed E-state index contributed by atoms with van der Waals surface area (Å²) in [5.74, 6) is 0. The molecule has 1 aromatic carbocycles. The minimum atomic E-state index is -0.379. The van der Waals surface area contributed by atoms with Gasteiger partial charge in [-0.3, -0.25) is 20.2 Å². The summed E-state index contributed by atoms with van der Waals surface area (Å²) >= 11 is 3.36. The van der Waals surface area contributed by atoms with Crippen molar-refractivity contribution in [1.29, 1.82) is 0 Å². The maximum absolute atomic E-state index is 10.9. The number of aromatic nitrogens is 1. The van der Waals surface area contributed by atoms with Crippen molar-refractivity contribution in [3.05, 3.63) is 55.8 Å². The molecule has 0 bridgehead atoms. The Bertz CT molecular complexity index is 630. The van der Waals surface area contributed by atoms with Gasteiger partial charge in [0.2, 0.25) is 0 Å². The van der Waals surface area contributed by atoms with Crippen LogP contribution in [-0.4, -0.2) is 9.60 Å². The highest BCUT2D eigenvalue weighted by Gasteiger charge is 2.14.